The standard InChI is InChI=1S/C19H19F2NO2/c1-12-16(4-3-5-17(12)21)19(18(23)24-2)7-6-13(9-19)14-8-15(20)11-22-10-14/h3-5,8,10-11,13H,6-7,9H2,1-2H3/t13-,19-/m1/s1. The summed E-state index contributed by atoms with van der Waals surface area (Å²) in [6, 6.07) is 6.22. The smallest absolute Gasteiger partial charge is 0.316 e. The molecule has 3 nitrogen and oxygen atoms in total. The minimum absolute atomic E-state index is 0.0185. The van der Waals surface area contributed by atoms with Gasteiger partial charge in [-0.25, -0.2) is 8.78 Å². The number of nitrogens with zero attached hydrogens (tertiary/aromatic N) is 1. The van der Waals surface area contributed by atoms with E-state index in [1.807, 2.05) is 0 Å². The second-order valence-corrected chi connectivity index (χ2v) is 6.36. The van der Waals surface area contributed by atoms with Crippen LogP contribution in [0.5, 0.6) is 0 Å². The number of methoxy groups -OCH3 is 1. The van der Waals surface area contributed by atoms with E-state index >= 15 is 0 Å². The maximum absolute atomic E-state index is 14.0. The van der Waals surface area contributed by atoms with Gasteiger partial charge < -0.3 is 4.74 Å². The van der Waals surface area contributed by atoms with Gasteiger partial charge in [0, 0.05) is 6.20 Å². The summed E-state index contributed by atoms with van der Waals surface area (Å²) in [5.41, 5.74) is 0.967. The van der Waals surface area contributed by atoms with Gasteiger partial charge in [-0.05, 0) is 60.9 Å². The molecule has 1 aromatic heterocycles. The Morgan fingerprint density at radius 2 is 2.12 bits per heavy atom. The van der Waals surface area contributed by atoms with Crippen molar-refractivity contribution in [2.75, 3.05) is 7.11 Å². The number of halogens is 2. The normalized spacial score (nSPS) is 23.2. The van der Waals surface area contributed by atoms with Gasteiger partial charge in [-0.2, -0.15) is 0 Å². The zero-order valence-corrected chi connectivity index (χ0v) is 13.7. The minimum atomic E-state index is -0.905. The molecule has 3 rings (SSSR count). The van der Waals surface area contributed by atoms with Crippen molar-refractivity contribution in [2.24, 2.45) is 0 Å². The highest BCUT2D eigenvalue weighted by Crippen LogP contribution is 2.50. The molecule has 2 aromatic rings. The molecule has 0 radical (unpaired) electrons. The first-order chi connectivity index (χ1) is 11.5. The monoisotopic (exact) mass is 331 g/mol. The number of carbonyl (C=O) groups excluding carboxylic acids is 1. The first-order valence-electron chi connectivity index (χ1n) is 7.92. The van der Waals surface area contributed by atoms with Crippen LogP contribution in [0.3, 0.4) is 0 Å². The van der Waals surface area contributed by atoms with Gasteiger partial charge in [0.05, 0.1) is 18.7 Å². The summed E-state index contributed by atoms with van der Waals surface area (Å²) < 4.78 is 32.5. The third-order valence-corrected chi connectivity index (χ3v) is 5.07. The van der Waals surface area contributed by atoms with Crippen molar-refractivity contribution in [3.63, 3.8) is 0 Å². The first-order valence-corrected chi connectivity index (χ1v) is 7.92. The van der Waals surface area contributed by atoms with E-state index in [0.29, 0.717) is 30.4 Å². The molecule has 1 heterocycles. The third-order valence-electron chi connectivity index (χ3n) is 5.07. The zero-order chi connectivity index (χ0) is 17.3. The molecule has 0 unspecified atom stereocenters. The highest BCUT2D eigenvalue weighted by Gasteiger charge is 2.49. The fraction of sp³-hybridized carbons (Fsp3) is 0.368. The van der Waals surface area contributed by atoms with Crippen LogP contribution in [0.4, 0.5) is 8.78 Å². The molecule has 0 spiro atoms. The van der Waals surface area contributed by atoms with E-state index in [4.69, 9.17) is 4.74 Å². The van der Waals surface area contributed by atoms with Crippen molar-refractivity contribution < 1.29 is 18.3 Å². The van der Waals surface area contributed by atoms with Crippen LogP contribution in [-0.4, -0.2) is 18.1 Å². The second kappa shape index (κ2) is 6.30. The molecule has 0 amide bonds. The van der Waals surface area contributed by atoms with E-state index in [0.717, 1.165) is 11.8 Å². The highest BCUT2D eigenvalue weighted by atomic mass is 19.1. The minimum Gasteiger partial charge on any atom is -0.468 e. The van der Waals surface area contributed by atoms with Crippen LogP contribution in [0.2, 0.25) is 0 Å². The highest BCUT2D eigenvalue weighted by molar-refractivity contribution is 5.84. The first kappa shape index (κ1) is 16.6. The topological polar surface area (TPSA) is 39.2 Å². The Labute approximate surface area is 139 Å². The van der Waals surface area contributed by atoms with Gasteiger partial charge in [-0.3, -0.25) is 9.78 Å². The van der Waals surface area contributed by atoms with Gasteiger partial charge in [0.2, 0.25) is 0 Å². The average molecular weight is 331 g/mol. The summed E-state index contributed by atoms with van der Waals surface area (Å²) in [6.45, 7) is 1.67. The molecule has 1 aliphatic rings. The van der Waals surface area contributed by atoms with Gasteiger partial charge in [0.15, 0.2) is 0 Å². The van der Waals surface area contributed by atoms with E-state index in [1.54, 1.807) is 25.3 Å². The van der Waals surface area contributed by atoms with Crippen LogP contribution < -0.4 is 0 Å². The van der Waals surface area contributed by atoms with Crippen molar-refractivity contribution in [1.82, 2.24) is 4.98 Å². The van der Waals surface area contributed by atoms with Crippen LogP contribution in [0.15, 0.2) is 36.7 Å². The number of hydrogen-bond donors (Lipinski definition) is 0. The number of aromatic nitrogens is 1. The van der Waals surface area contributed by atoms with E-state index in [1.165, 1.54) is 19.2 Å². The largest absolute Gasteiger partial charge is 0.468 e. The number of hydrogen-bond acceptors (Lipinski definition) is 3. The molecule has 0 aliphatic heterocycles. The maximum atomic E-state index is 14.0. The molecular formula is C19H19F2NO2. The van der Waals surface area contributed by atoms with Crippen molar-refractivity contribution in [1.29, 1.82) is 0 Å². The quantitative estimate of drug-likeness (QED) is 0.797. The number of ether oxygens (including phenoxy) is 1. The Balaban J connectivity index is 2.03. The second-order valence-electron chi connectivity index (χ2n) is 6.36. The fourth-order valence-electron chi connectivity index (χ4n) is 3.84. The SMILES string of the molecule is COC(=O)[C@]1(c2cccc(F)c2C)CC[C@@H](c2cncc(F)c2)C1. The summed E-state index contributed by atoms with van der Waals surface area (Å²) in [4.78, 5) is 16.5. The lowest BCUT2D eigenvalue weighted by Crippen LogP contribution is -2.35. The summed E-state index contributed by atoms with van der Waals surface area (Å²) in [5.74, 6) is -1.13. The number of pyridine rings is 1. The van der Waals surface area contributed by atoms with Gasteiger partial charge in [0.25, 0.3) is 0 Å². The average Bonchev–Trinajstić information content (AvgIpc) is 3.03. The molecule has 1 saturated carbocycles. The summed E-state index contributed by atoms with van der Waals surface area (Å²) in [6.07, 6.45) is 4.46. The molecule has 1 aliphatic carbocycles. The molecule has 0 N–H and O–H groups in total. The number of rotatable bonds is 3. The molecule has 2 atom stereocenters. The van der Waals surface area contributed by atoms with E-state index in [-0.39, 0.29) is 17.7 Å². The van der Waals surface area contributed by atoms with E-state index in [2.05, 4.69) is 4.98 Å². The zero-order valence-electron chi connectivity index (χ0n) is 13.7. The number of carbonyl (C=O) groups is 1. The molecule has 1 aromatic carbocycles. The Bertz CT molecular complexity index is 778. The van der Waals surface area contributed by atoms with Gasteiger partial charge in [-0.1, -0.05) is 12.1 Å². The lowest BCUT2D eigenvalue weighted by Gasteiger charge is -2.29. The van der Waals surface area contributed by atoms with E-state index in [9.17, 15) is 13.6 Å². The Hall–Kier alpha value is -2.30. The molecule has 0 bridgehead atoms. The van der Waals surface area contributed by atoms with Crippen LogP contribution >= 0.6 is 0 Å². The molecular weight excluding hydrogens is 312 g/mol. The molecule has 0 saturated heterocycles. The fourth-order valence-corrected chi connectivity index (χ4v) is 3.84. The van der Waals surface area contributed by atoms with Crippen molar-refractivity contribution in [3.8, 4) is 0 Å². The van der Waals surface area contributed by atoms with E-state index < -0.39 is 11.2 Å². The van der Waals surface area contributed by atoms with Crippen LogP contribution in [0.1, 0.15) is 41.9 Å². The summed E-state index contributed by atoms with van der Waals surface area (Å²) in [5, 5.41) is 0. The third kappa shape index (κ3) is 2.68. The Morgan fingerprint density at radius 1 is 1.33 bits per heavy atom. The predicted molar refractivity (Wildman–Crippen MR) is 85.6 cm³/mol. The van der Waals surface area contributed by atoms with Crippen LogP contribution in [-0.2, 0) is 14.9 Å². The lowest BCUT2D eigenvalue weighted by atomic mass is 9.75. The molecule has 126 valence electrons. The predicted octanol–water partition coefficient (Wildman–Crippen LogP) is 4.05. The molecule has 24 heavy (non-hydrogen) atoms. The van der Waals surface area contributed by atoms with Gasteiger partial charge in [-0.15, -0.1) is 0 Å². The maximum Gasteiger partial charge on any atom is 0.316 e. The molecule has 5 heteroatoms. The van der Waals surface area contributed by atoms with Crippen molar-refractivity contribution in [2.45, 2.75) is 37.5 Å². The van der Waals surface area contributed by atoms with Crippen LogP contribution in [0.25, 0.3) is 0 Å². The summed E-state index contributed by atoms with van der Waals surface area (Å²) >= 11 is 0. The van der Waals surface area contributed by atoms with Gasteiger partial charge >= 0.3 is 5.97 Å². The lowest BCUT2D eigenvalue weighted by molar-refractivity contribution is -0.147. The van der Waals surface area contributed by atoms with Crippen LogP contribution in [0, 0.1) is 18.6 Å². The summed E-state index contributed by atoms with van der Waals surface area (Å²) in [7, 11) is 1.34. The van der Waals surface area contributed by atoms with Crippen molar-refractivity contribution in [3.05, 3.63) is 65.0 Å². The molecule has 1 fully saturated rings. The van der Waals surface area contributed by atoms with Gasteiger partial charge in [0.1, 0.15) is 11.6 Å². The number of esters is 1. The Morgan fingerprint density at radius 3 is 2.83 bits per heavy atom. The van der Waals surface area contributed by atoms with Crippen molar-refractivity contribution >= 4 is 5.97 Å². The Kier molecular flexibility index (Phi) is 4.35. The number of benzene rings is 1.